The summed E-state index contributed by atoms with van der Waals surface area (Å²) in [5, 5.41) is 2.86. The molecule has 0 fully saturated rings. The molecule has 1 N–H and O–H groups in total. The van der Waals surface area contributed by atoms with Crippen LogP contribution in [0.4, 0.5) is 4.79 Å². The molecule has 0 saturated carbocycles. The zero-order valence-electron chi connectivity index (χ0n) is 16.0. The molecule has 0 radical (unpaired) electrons. The van der Waals surface area contributed by atoms with Crippen LogP contribution in [0.25, 0.3) is 11.1 Å². The molecular formula is C25H20INO2. The third-order valence-corrected chi connectivity index (χ3v) is 6.03. The lowest BCUT2D eigenvalue weighted by atomic mass is 9.98. The average molecular weight is 493 g/mol. The van der Waals surface area contributed by atoms with Crippen LogP contribution in [0.5, 0.6) is 0 Å². The molecular weight excluding hydrogens is 473 g/mol. The van der Waals surface area contributed by atoms with E-state index < -0.39 is 6.09 Å². The summed E-state index contributed by atoms with van der Waals surface area (Å²) in [6, 6.07) is 20.6. The van der Waals surface area contributed by atoms with Gasteiger partial charge in [0.1, 0.15) is 6.61 Å². The molecule has 0 aromatic heterocycles. The van der Waals surface area contributed by atoms with Crippen LogP contribution in [0.1, 0.15) is 33.7 Å². The van der Waals surface area contributed by atoms with E-state index in [1.165, 1.54) is 22.3 Å². The second kappa shape index (κ2) is 8.30. The van der Waals surface area contributed by atoms with Gasteiger partial charge in [-0.3, -0.25) is 0 Å². The summed E-state index contributed by atoms with van der Waals surface area (Å²) in [5.74, 6) is 2.75. The van der Waals surface area contributed by atoms with Gasteiger partial charge in [0.2, 0.25) is 0 Å². The van der Waals surface area contributed by atoms with Gasteiger partial charge >= 0.3 is 6.09 Å². The SMILES string of the molecule is C#Cc1cc(I)cc(CNC(=O)OCC2c3ccccc3-c3ccccc32)c1C. The molecule has 4 heteroatoms. The Morgan fingerprint density at radius 3 is 2.34 bits per heavy atom. The van der Waals surface area contributed by atoms with E-state index in [1.54, 1.807) is 0 Å². The van der Waals surface area contributed by atoms with Crippen LogP contribution in [0, 0.1) is 22.8 Å². The van der Waals surface area contributed by atoms with Crippen molar-refractivity contribution in [1.29, 1.82) is 0 Å². The quantitative estimate of drug-likeness (QED) is 0.379. The molecule has 1 aliphatic rings. The fourth-order valence-corrected chi connectivity index (χ4v) is 4.57. The Labute approximate surface area is 184 Å². The molecule has 3 nitrogen and oxygen atoms in total. The van der Waals surface area contributed by atoms with Crippen molar-refractivity contribution in [3.63, 3.8) is 0 Å². The molecule has 0 saturated heterocycles. The average Bonchev–Trinajstić information content (AvgIpc) is 3.06. The first kappa shape index (κ1) is 19.5. The van der Waals surface area contributed by atoms with Gasteiger partial charge in [-0.15, -0.1) is 6.42 Å². The monoisotopic (exact) mass is 493 g/mol. The van der Waals surface area contributed by atoms with Crippen LogP contribution in [-0.2, 0) is 11.3 Å². The van der Waals surface area contributed by atoms with Crippen molar-refractivity contribution in [2.24, 2.45) is 0 Å². The van der Waals surface area contributed by atoms with Crippen LogP contribution in [-0.4, -0.2) is 12.7 Å². The number of hydrogen-bond donors (Lipinski definition) is 1. The Balaban J connectivity index is 1.44. The number of halogens is 1. The number of fused-ring (bicyclic) bond motifs is 3. The number of nitrogens with one attached hydrogen (secondary N) is 1. The lowest BCUT2D eigenvalue weighted by molar-refractivity contribution is 0.142. The number of hydrogen-bond acceptors (Lipinski definition) is 2. The minimum absolute atomic E-state index is 0.0561. The van der Waals surface area contributed by atoms with E-state index in [0.717, 1.165) is 20.3 Å². The number of amides is 1. The summed E-state index contributed by atoms with van der Waals surface area (Å²) in [6.45, 7) is 2.66. The molecule has 1 aliphatic carbocycles. The second-order valence-electron chi connectivity index (χ2n) is 7.06. The Kier molecular flexibility index (Phi) is 5.59. The number of rotatable bonds is 4. The van der Waals surface area contributed by atoms with Gasteiger partial charge in [0, 0.05) is 21.6 Å². The van der Waals surface area contributed by atoms with Gasteiger partial charge in [0.25, 0.3) is 0 Å². The minimum Gasteiger partial charge on any atom is -0.449 e. The highest BCUT2D eigenvalue weighted by atomic mass is 127. The van der Waals surface area contributed by atoms with E-state index in [9.17, 15) is 4.79 Å². The molecule has 0 heterocycles. The van der Waals surface area contributed by atoms with Gasteiger partial charge in [0.05, 0.1) is 0 Å². The van der Waals surface area contributed by atoms with Crippen molar-refractivity contribution in [2.45, 2.75) is 19.4 Å². The topological polar surface area (TPSA) is 38.3 Å². The number of carbonyl (C=O) groups is 1. The minimum atomic E-state index is -0.424. The van der Waals surface area contributed by atoms with Crippen LogP contribution in [0.15, 0.2) is 60.7 Å². The van der Waals surface area contributed by atoms with E-state index in [-0.39, 0.29) is 5.92 Å². The van der Waals surface area contributed by atoms with Crippen molar-refractivity contribution in [2.75, 3.05) is 6.61 Å². The molecule has 3 aromatic rings. The van der Waals surface area contributed by atoms with E-state index >= 15 is 0 Å². The highest BCUT2D eigenvalue weighted by molar-refractivity contribution is 14.1. The first-order valence-electron chi connectivity index (χ1n) is 9.43. The predicted molar refractivity (Wildman–Crippen MR) is 124 cm³/mol. The maximum Gasteiger partial charge on any atom is 0.407 e. The maximum atomic E-state index is 12.4. The van der Waals surface area contributed by atoms with Crippen molar-refractivity contribution in [1.82, 2.24) is 5.32 Å². The van der Waals surface area contributed by atoms with Crippen LogP contribution >= 0.6 is 22.6 Å². The lowest BCUT2D eigenvalue weighted by Crippen LogP contribution is -2.26. The second-order valence-corrected chi connectivity index (χ2v) is 8.31. The van der Waals surface area contributed by atoms with Gasteiger partial charge in [-0.05, 0) is 75.0 Å². The van der Waals surface area contributed by atoms with Crippen molar-refractivity contribution >= 4 is 28.7 Å². The van der Waals surface area contributed by atoms with Crippen LogP contribution < -0.4 is 5.32 Å². The fraction of sp³-hybridized carbons (Fsp3) is 0.160. The number of alkyl carbamates (subject to hydrolysis) is 1. The Hall–Kier alpha value is -2.78. The molecule has 29 heavy (non-hydrogen) atoms. The van der Waals surface area contributed by atoms with Gasteiger partial charge in [-0.1, -0.05) is 54.5 Å². The number of terminal acetylenes is 1. The number of ether oxygens (including phenoxy) is 1. The summed E-state index contributed by atoms with van der Waals surface area (Å²) in [4.78, 5) is 12.4. The van der Waals surface area contributed by atoms with Crippen molar-refractivity contribution < 1.29 is 9.53 Å². The standard InChI is InChI=1S/C25H20INO2/c1-3-17-12-19(26)13-18(16(17)2)14-27-25(28)29-15-24-22-10-6-4-8-20(22)21-9-5-7-11-23(21)24/h1,4-13,24H,14-15H2,2H3,(H,27,28). The van der Waals surface area contributed by atoms with Crippen molar-refractivity contribution in [3.05, 3.63) is 92.1 Å². The van der Waals surface area contributed by atoms with Crippen LogP contribution in [0.3, 0.4) is 0 Å². The number of carbonyl (C=O) groups excluding carboxylic acids is 1. The molecule has 0 spiro atoms. The highest BCUT2D eigenvalue weighted by Crippen LogP contribution is 2.44. The van der Waals surface area contributed by atoms with Gasteiger partial charge in [-0.25, -0.2) is 4.79 Å². The van der Waals surface area contributed by atoms with Gasteiger partial charge < -0.3 is 10.1 Å². The molecule has 0 aliphatic heterocycles. The zero-order valence-corrected chi connectivity index (χ0v) is 18.2. The summed E-state index contributed by atoms with van der Waals surface area (Å²) in [5.41, 5.74) is 7.69. The molecule has 3 aromatic carbocycles. The molecule has 0 atom stereocenters. The molecule has 1 amide bonds. The molecule has 0 bridgehead atoms. The largest absolute Gasteiger partial charge is 0.449 e. The first-order chi connectivity index (χ1) is 14.1. The third kappa shape index (κ3) is 3.88. The Morgan fingerprint density at radius 2 is 1.72 bits per heavy atom. The maximum absolute atomic E-state index is 12.4. The molecule has 0 unspecified atom stereocenters. The summed E-state index contributed by atoms with van der Waals surface area (Å²) < 4.78 is 6.64. The van der Waals surface area contributed by atoms with Gasteiger partial charge in [0.15, 0.2) is 0 Å². The smallest absolute Gasteiger partial charge is 0.407 e. The van der Waals surface area contributed by atoms with E-state index in [4.69, 9.17) is 11.2 Å². The normalized spacial score (nSPS) is 12.0. The van der Waals surface area contributed by atoms with Gasteiger partial charge in [-0.2, -0.15) is 0 Å². The van der Waals surface area contributed by atoms with E-state index in [1.807, 2.05) is 43.3 Å². The summed E-state index contributed by atoms with van der Waals surface area (Å²) in [7, 11) is 0. The number of benzene rings is 3. The zero-order chi connectivity index (χ0) is 20.4. The summed E-state index contributed by atoms with van der Waals surface area (Å²) >= 11 is 2.23. The van der Waals surface area contributed by atoms with E-state index in [0.29, 0.717) is 13.2 Å². The highest BCUT2D eigenvalue weighted by Gasteiger charge is 2.28. The van der Waals surface area contributed by atoms with Crippen molar-refractivity contribution in [3.8, 4) is 23.5 Å². The van der Waals surface area contributed by atoms with Crippen LogP contribution in [0.2, 0.25) is 0 Å². The lowest BCUT2D eigenvalue weighted by Gasteiger charge is -2.15. The van der Waals surface area contributed by atoms with E-state index in [2.05, 4.69) is 58.1 Å². The summed E-state index contributed by atoms with van der Waals surface area (Å²) in [6.07, 6.45) is 5.15. The fourth-order valence-electron chi connectivity index (χ4n) is 3.89. The Morgan fingerprint density at radius 1 is 1.10 bits per heavy atom. The first-order valence-corrected chi connectivity index (χ1v) is 10.5. The molecule has 144 valence electrons. The predicted octanol–water partition coefficient (Wildman–Crippen LogP) is 5.62. The third-order valence-electron chi connectivity index (χ3n) is 5.40. The Bertz CT molecular complexity index is 1080. The molecule has 4 rings (SSSR count).